The van der Waals surface area contributed by atoms with Crippen molar-refractivity contribution >= 4 is 29.7 Å². The first kappa shape index (κ1) is 22.9. The second-order valence-electron chi connectivity index (χ2n) is 6.57. The molecule has 13 nitrogen and oxygen atoms in total. The number of hydrogen-bond acceptors (Lipinski definition) is 11. The van der Waals surface area contributed by atoms with Gasteiger partial charge in [0.15, 0.2) is 10.9 Å². The van der Waals surface area contributed by atoms with Crippen LogP contribution in [0.2, 0.25) is 0 Å². The number of rotatable bonds is 7. The Morgan fingerprint density at radius 1 is 1.29 bits per heavy atom. The number of carbonyl (C=O) groups excluding carboxylic acids is 1. The highest BCUT2D eigenvalue weighted by molar-refractivity contribution is 7.98. The van der Waals surface area contributed by atoms with E-state index in [4.69, 9.17) is 5.73 Å². The average Bonchev–Trinajstić information content (AvgIpc) is 3.51. The average molecular weight is 493 g/mol. The lowest BCUT2D eigenvalue weighted by atomic mass is 10.1. The van der Waals surface area contributed by atoms with Crippen LogP contribution in [0.1, 0.15) is 27.3 Å². The number of alkyl halides is 3. The number of carbonyl (C=O) groups is 1. The summed E-state index contributed by atoms with van der Waals surface area (Å²) in [5.74, 6) is -0.795. The number of benzene rings is 1. The Morgan fingerprint density at radius 3 is 2.76 bits per heavy atom. The number of thioether (sulfide) groups is 1. The quantitative estimate of drug-likeness (QED) is 0.218. The zero-order chi connectivity index (χ0) is 24.3. The summed E-state index contributed by atoms with van der Waals surface area (Å²) in [6.07, 6.45) is -2.19. The normalized spacial score (nSPS) is 11.9. The molecule has 1 aromatic carbocycles. The number of aryl methyl sites for hydroxylation is 1. The van der Waals surface area contributed by atoms with E-state index < -0.39 is 17.6 Å². The maximum absolute atomic E-state index is 13.1. The van der Waals surface area contributed by atoms with Gasteiger partial charge in [0.05, 0.1) is 17.5 Å². The summed E-state index contributed by atoms with van der Waals surface area (Å²) in [6, 6.07) is 4.80. The van der Waals surface area contributed by atoms with Crippen LogP contribution in [-0.4, -0.2) is 52.2 Å². The van der Waals surface area contributed by atoms with Crippen molar-refractivity contribution in [3.63, 3.8) is 0 Å². The van der Waals surface area contributed by atoms with Crippen LogP contribution < -0.4 is 11.2 Å². The smallest absolute Gasteiger partial charge is 0.378 e. The topological polar surface area (TPSA) is 168 Å². The van der Waals surface area contributed by atoms with Gasteiger partial charge in [0.2, 0.25) is 11.6 Å². The van der Waals surface area contributed by atoms with Gasteiger partial charge in [0, 0.05) is 18.4 Å². The summed E-state index contributed by atoms with van der Waals surface area (Å²) in [7, 11) is 1.73. The molecule has 0 aliphatic rings. The maximum atomic E-state index is 13.1. The summed E-state index contributed by atoms with van der Waals surface area (Å²) in [6.45, 7) is 0. The lowest BCUT2D eigenvalue weighted by molar-refractivity contribution is -0.137. The molecule has 0 atom stereocenters. The van der Waals surface area contributed by atoms with E-state index in [1.165, 1.54) is 36.3 Å². The third kappa shape index (κ3) is 4.72. The summed E-state index contributed by atoms with van der Waals surface area (Å²) in [4.78, 5) is 12.7. The molecule has 0 saturated heterocycles. The van der Waals surface area contributed by atoms with Gasteiger partial charge >= 0.3 is 6.18 Å². The van der Waals surface area contributed by atoms with Crippen molar-refractivity contribution in [2.24, 2.45) is 12.1 Å². The molecule has 0 aliphatic carbocycles. The number of hydrazone groups is 1. The fourth-order valence-corrected chi connectivity index (χ4v) is 3.61. The van der Waals surface area contributed by atoms with Gasteiger partial charge in [-0.3, -0.25) is 4.79 Å². The molecular weight excluding hydrogens is 479 g/mol. The number of nitrogens with zero attached hydrogens (tertiary/aromatic N) is 9. The Kier molecular flexibility index (Phi) is 6.26. The van der Waals surface area contributed by atoms with E-state index >= 15 is 0 Å². The first-order valence-electron chi connectivity index (χ1n) is 9.25. The van der Waals surface area contributed by atoms with Gasteiger partial charge in [0.25, 0.3) is 5.91 Å². The van der Waals surface area contributed by atoms with E-state index in [0.717, 1.165) is 17.0 Å². The van der Waals surface area contributed by atoms with Gasteiger partial charge in [0.1, 0.15) is 6.33 Å². The minimum absolute atomic E-state index is 0.00252. The summed E-state index contributed by atoms with van der Waals surface area (Å²) in [5, 5.41) is 26.8. The number of nitrogen functional groups attached to an aromatic ring is 1. The number of nitrogens with two attached hydrogens (primary N) is 1. The molecule has 0 fully saturated rings. The zero-order valence-corrected chi connectivity index (χ0v) is 17.9. The number of nitrogens with one attached hydrogen (secondary N) is 1. The molecular formula is C17H14F3N11O2S. The van der Waals surface area contributed by atoms with Crippen LogP contribution in [0.5, 0.6) is 0 Å². The SMILES string of the molecule is Cn1cnnc1SCc1c(C(=O)N/N=C\c2ccccc2C(F)(F)F)nnn1-c1nonc1N. The first-order chi connectivity index (χ1) is 16.3. The number of hydrogen-bond donors (Lipinski definition) is 2. The molecule has 0 unspecified atom stereocenters. The summed E-state index contributed by atoms with van der Waals surface area (Å²) < 4.78 is 46.8. The minimum Gasteiger partial charge on any atom is -0.378 e. The van der Waals surface area contributed by atoms with Crippen molar-refractivity contribution < 1.29 is 22.6 Å². The minimum atomic E-state index is -4.58. The van der Waals surface area contributed by atoms with Crippen molar-refractivity contribution in [1.29, 1.82) is 0 Å². The Bertz CT molecular complexity index is 1340. The molecule has 3 N–H and O–H groups in total. The van der Waals surface area contributed by atoms with Gasteiger partial charge < -0.3 is 10.3 Å². The lowest BCUT2D eigenvalue weighted by Crippen LogP contribution is -2.20. The molecule has 34 heavy (non-hydrogen) atoms. The van der Waals surface area contributed by atoms with Gasteiger partial charge in [-0.1, -0.05) is 35.2 Å². The molecule has 17 heteroatoms. The van der Waals surface area contributed by atoms with Crippen LogP contribution in [-0.2, 0) is 19.0 Å². The van der Waals surface area contributed by atoms with Crippen molar-refractivity contribution in [2.45, 2.75) is 17.1 Å². The maximum Gasteiger partial charge on any atom is 0.417 e. The molecule has 0 saturated carbocycles. The fourth-order valence-electron chi connectivity index (χ4n) is 2.73. The molecule has 3 heterocycles. The van der Waals surface area contributed by atoms with Crippen LogP contribution in [0.25, 0.3) is 5.82 Å². The van der Waals surface area contributed by atoms with Crippen LogP contribution in [0, 0.1) is 0 Å². The van der Waals surface area contributed by atoms with E-state index in [9.17, 15) is 18.0 Å². The van der Waals surface area contributed by atoms with Crippen LogP contribution in [0.3, 0.4) is 0 Å². The van der Waals surface area contributed by atoms with Crippen molar-refractivity contribution in [2.75, 3.05) is 5.73 Å². The van der Waals surface area contributed by atoms with Gasteiger partial charge in [-0.25, -0.2) is 10.1 Å². The van der Waals surface area contributed by atoms with Crippen molar-refractivity contribution in [3.05, 3.63) is 53.1 Å². The number of halogens is 3. The van der Waals surface area contributed by atoms with E-state index in [1.54, 1.807) is 11.6 Å². The van der Waals surface area contributed by atoms with Crippen molar-refractivity contribution in [1.82, 2.24) is 45.5 Å². The van der Waals surface area contributed by atoms with Crippen molar-refractivity contribution in [3.8, 4) is 5.82 Å². The van der Waals surface area contributed by atoms with Gasteiger partial charge in [-0.05, 0) is 16.4 Å². The molecule has 4 aromatic rings. The number of amides is 1. The Balaban J connectivity index is 1.59. The van der Waals surface area contributed by atoms with Crippen LogP contribution in [0.15, 0.2) is 45.5 Å². The molecule has 176 valence electrons. The van der Waals surface area contributed by atoms with E-state index in [0.29, 0.717) is 5.16 Å². The highest BCUT2D eigenvalue weighted by Crippen LogP contribution is 2.31. The van der Waals surface area contributed by atoms with Crippen LogP contribution >= 0.6 is 11.8 Å². The second kappa shape index (κ2) is 9.30. The molecule has 0 radical (unpaired) electrons. The Morgan fingerprint density at radius 2 is 2.09 bits per heavy atom. The lowest BCUT2D eigenvalue weighted by Gasteiger charge is -2.09. The Labute approximate surface area is 192 Å². The first-order valence-corrected chi connectivity index (χ1v) is 10.2. The van der Waals surface area contributed by atoms with Crippen LogP contribution in [0.4, 0.5) is 19.0 Å². The standard InChI is InChI=1S/C17H14F3N11O2S/c1-30-8-23-26-16(30)34-7-11-12(24-29-31(11)14-13(21)27-33-28-14)15(32)25-22-6-9-4-2-3-5-10(9)17(18,19)20/h2-6,8H,7H2,1H3,(H2,21,27)(H,25,32)/b22-6-. The fraction of sp³-hybridized carbons (Fsp3) is 0.176. The third-order valence-electron chi connectivity index (χ3n) is 4.32. The highest BCUT2D eigenvalue weighted by Gasteiger charge is 2.32. The van der Waals surface area contributed by atoms with Gasteiger partial charge in [-0.2, -0.15) is 23.0 Å². The predicted octanol–water partition coefficient (Wildman–Crippen LogP) is 1.44. The second-order valence-corrected chi connectivity index (χ2v) is 7.51. The highest BCUT2D eigenvalue weighted by atomic mass is 32.2. The molecule has 1 amide bonds. The van der Waals surface area contributed by atoms with E-state index in [2.05, 4.69) is 46.0 Å². The zero-order valence-electron chi connectivity index (χ0n) is 17.1. The Hall–Kier alpha value is -4.28. The van der Waals surface area contributed by atoms with E-state index in [1.807, 2.05) is 0 Å². The number of aromatic nitrogens is 8. The third-order valence-corrected chi connectivity index (χ3v) is 5.36. The monoisotopic (exact) mass is 493 g/mol. The molecule has 0 spiro atoms. The molecule has 0 aliphatic heterocycles. The summed E-state index contributed by atoms with van der Waals surface area (Å²) >= 11 is 1.21. The molecule has 3 aromatic heterocycles. The predicted molar refractivity (Wildman–Crippen MR) is 111 cm³/mol. The molecule has 4 rings (SSSR count). The van der Waals surface area contributed by atoms with E-state index in [-0.39, 0.29) is 34.3 Å². The largest absolute Gasteiger partial charge is 0.417 e. The summed E-state index contributed by atoms with van der Waals surface area (Å²) in [5.41, 5.74) is 6.84. The van der Waals surface area contributed by atoms with Gasteiger partial charge in [-0.15, -0.1) is 15.3 Å². The number of anilines is 1. The molecule has 0 bridgehead atoms.